The van der Waals surface area contributed by atoms with Crippen LogP contribution in [-0.2, 0) is 4.74 Å². The molecule has 0 saturated carbocycles. The van der Waals surface area contributed by atoms with Crippen molar-refractivity contribution in [3.05, 3.63) is 0 Å². The Bertz CT molecular complexity index is 134. The molecule has 1 N–H and O–H groups in total. The molecule has 0 unspecified atom stereocenters. The van der Waals surface area contributed by atoms with E-state index in [1.807, 2.05) is 6.26 Å². The first-order chi connectivity index (χ1) is 5.34. The predicted molar refractivity (Wildman–Crippen MR) is 48.5 cm³/mol. The van der Waals surface area contributed by atoms with Gasteiger partial charge in [-0.05, 0) is 6.26 Å². The predicted octanol–water partition coefficient (Wildman–Crippen LogP) is 0.659. The second-order valence-corrected chi connectivity index (χ2v) is 3.35. The van der Waals surface area contributed by atoms with E-state index in [4.69, 9.17) is 10.1 Å². The second kappa shape index (κ2) is 4.62. The molecule has 0 spiro atoms. The molecule has 0 aromatic heterocycles. The number of thioether (sulfide) groups is 1. The zero-order chi connectivity index (χ0) is 8.10. The highest BCUT2D eigenvalue weighted by Gasteiger charge is 2.12. The molecule has 1 heterocycles. The fourth-order valence-electron chi connectivity index (χ4n) is 1.06. The highest BCUT2D eigenvalue weighted by molar-refractivity contribution is 7.99. The molecule has 0 atom stereocenters. The van der Waals surface area contributed by atoms with Crippen molar-refractivity contribution in [2.45, 2.75) is 0 Å². The van der Waals surface area contributed by atoms with Crippen LogP contribution in [0.4, 0.5) is 0 Å². The molecule has 1 rings (SSSR count). The fourth-order valence-corrected chi connectivity index (χ4v) is 1.52. The van der Waals surface area contributed by atoms with Crippen molar-refractivity contribution in [1.82, 2.24) is 4.90 Å². The smallest absolute Gasteiger partial charge is 0.106 e. The van der Waals surface area contributed by atoms with Gasteiger partial charge in [-0.15, -0.1) is 0 Å². The normalized spacial score (nSPS) is 18.5. The Labute approximate surface area is 71.6 Å². The molecule has 0 aromatic rings. The van der Waals surface area contributed by atoms with Crippen molar-refractivity contribution in [1.29, 1.82) is 5.41 Å². The standard InChI is InChI=1S/C7H14N2OS/c1-11-6-7(8)9-2-4-10-5-3-9/h8H,2-6H2,1H3. The van der Waals surface area contributed by atoms with E-state index in [1.54, 1.807) is 11.8 Å². The average molecular weight is 174 g/mol. The van der Waals surface area contributed by atoms with Crippen LogP contribution in [0, 0.1) is 5.41 Å². The van der Waals surface area contributed by atoms with Gasteiger partial charge in [0.15, 0.2) is 0 Å². The third kappa shape index (κ3) is 2.71. The second-order valence-electron chi connectivity index (χ2n) is 2.48. The molecule has 1 aliphatic heterocycles. The average Bonchev–Trinajstić information content (AvgIpc) is 2.07. The van der Waals surface area contributed by atoms with Gasteiger partial charge in [-0.25, -0.2) is 0 Å². The first-order valence-corrected chi connectivity index (χ1v) is 5.13. The summed E-state index contributed by atoms with van der Waals surface area (Å²) >= 11 is 1.70. The molecule has 64 valence electrons. The highest BCUT2D eigenvalue weighted by Crippen LogP contribution is 2.01. The number of ether oxygens (including phenoxy) is 1. The SMILES string of the molecule is CSCC(=N)N1CCOCC1. The van der Waals surface area contributed by atoms with Gasteiger partial charge in [-0.1, -0.05) is 0 Å². The first-order valence-electron chi connectivity index (χ1n) is 3.73. The zero-order valence-corrected chi connectivity index (χ0v) is 7.62. The molecule has 4 heteroatoms. The molecule has 0 amide bonds. The van der Waals surface area contributed by atoms with E-state index in [2.05, 4.69) is 4.90 Å². The quantitative estimate of drug-likeness (QED) is 0.493. The topological polar surface area (TPSA) is 36.3 Å². The van der Waals surface area contributed by atoms with Crippen LogP contribution in [0.2, 0.25) is 0 Å². The lowest BCUT2D eigenvalue weighted by Gasteiger charge is -2.28. The van der Waals surface area contributed by atoms with Crippen molar-refractivity contribution in [2.75, 3.05) is 38.3 Å². The minimum absolute atomic E-state index is 0.737. The van der Waals surface area contributed by atoms with Crippen molar-refractivity contribution < 1.29 is 4.74 Å². The number of amidine groups is 1. The van der Waals surface area contributed by atoms with E-state index in [-0.39, 0.29) is 0 Å². The van der Waals surface area contributed by atoms with Crippen LogP contribution >= 0.6 is 11.8 Å². The zero-order valence-electron chi connectivity index (χ0n) is 6.80. The Morgan fingerprint density at radius 1 is 1.55 bits per heavy atom. The summed E-state index contributed by atoms with van der Waals surface area (Å²) in [7, 11) is 0. The first kappa shape index (κ1) is 8.87. The van der Waals surface area contributed by atoms with Crippen LogP contribution in [0.5, 0.6) is 0 Å². The summed E-state index contributed by atoms with van der Waals surface area (Å²) in [5, 5.41) is 7.63. The lowest BCUT2D eigenvalue weighted by molar-refractivity contribution is 0.0676. The lowest BCUT2D eigenvalue weighted by atomic mass is 10.4. The summed E-state index contributed by atoms with van der Waals surface area (Å²) in [6, 6.07) is 0. The maximum atomic E-state index is 7.63. The number of rotatable bonds is 2. The Hall–Kier alpha value is -0.220. The molecular weight excluding hydrogens is 160 g/mol. The summed E-state index contributed by atoms with van der Waals surface area (Å²) in [5.41, 5.74) is 0. The number of hydrogen-bond donors (Lipinski definition) is 1. The van der Waals surface area contributed by atoms with Gasteiger partial charge in [0.1, 0.15) is 5.84 Å². The van der Waals surface area contributed by atoms with Gasteiger partial charge in [-0.2, -0.15) is 11.8 Å². The Morgan fingerprint density at radius 3 is 2.73 bits per heavy atom. The molecule has 1 aliphatic rings. The van der Waals surface area contributed by atoms with Gasteiger partial charge in [-0.3, -0.25) is 5.41 Å². The monoisotopic (exact) mass is 174 g/mol. The third-order valence-electron chi connectivity index (χ3n) is 1.67. The van der Waals surface area contributed by atoms with Crippen LogP contribution < -0.4 is 0 Å². The van der Waals surface area contributed by atoms with Gasteiger partial charge >= 0.3 is 0 Å². The van der Waals surface area contributed by atoms with Crippen LogP contribution in [0.15, 0.2) is 0 Å². The maximum Gasteiger partial charge on any atom is 0.106 e. The van der Waals surface area contributed by atoms with E-state index in [0.717, 1.165) is 37.9 Å². The number of morpholine rings is 1. The van der Waals surface area contributed by atoms with Crippen molar-refractivity contribution >= 4 is 17.6 Å². The molecular formula is C7H14N2OS. The summed E-state index contributed by atoms with van der Waals surface area (Å²) in [6.07, 6.45) is 2.02. The third-order valence-corrected chi connectivity index (χ3v) is 2.24. The Balaban J connectivity index is 2.27. The molecule has 0 bridgehead atoms. The van der Waals surface area contributed by atoms with Gasteiger partial charge in [0.25, 0.3) is 0 Å². The summed E-state index contributed by atoms with van der Waals surface area (Å²) in [4.78, 5) is 2.08. The van der Waals surface area contributed by atoms with Gasteiger partial charge < -0.3 is 9.64 Å². The molecule has 3 nitrogen and oxygen atoms in total. The van der Waals surface area contributed by atoms with E-state index >= 15 is 0 Å². The summed E-state index contributed by atoms with van der Waals surface area (Å²) < 4.78 is 5.18. The molecule has 0 radical (unpaired) electrons. The van der Waals surface area contributed by atoms with Gasteiger partial charge in [0.2, 0.25) is 0 Å². The van der Waals surface area contributed by atoms with Crippen molar-refractivity contribution in [2.24, 2.45) is 0 Å². The van der Waals surface area contributed by atoms with Crippen LogP contribution in [0.25, 0.3) is 0 Å². The fraction of sp³-hybridized carbons (Fsp3) is 0.857. The van der Waals surface area contributed by atoms with Gasteiger partial charge in [0.05, 0.1) is 19.0 Å². The van der Waals surface area contributed by atoms with Crippen LogP contribution in [0.1, 0.15) is 0 Å². The summed E-state index contributed by atoms with van der Waals surface area (Å²) in [6.45, 7) is 3.33. The molecule has 1 fully saturated rings. The van der Waals surface area contributed by atoms with Crippen molar-refractivity contribution in [3.63, 3.8) is 0 Å². The van der Waals surface area contributed by atoms with Gasteiger partial charge in [0, 0.05) is 13.1 Å². The molecule has 0 aromatic carbocycles. The molecule has 1 saturated heterocycles. The number of hydrogen-bond acceptors (Lipinski definition) is 3. The Kier molecular flexibility index (Phi) is 3.72. The minimum Gasteiger partial charge on any atom is -0.378 e. The van der Waals surface area contributed by atoms with Crippen molar-refractivity contribution in [3.8, 4) is 0 Å². The molecule has 11 heavy (non-hydrogen) atoms. The number of nitrogens with one attached hydrogen (secondary N) is 1. The maximum absolute atomic E-state index is 7.63. The number of nitrogens with zero attached hydrogens (tertiary/aromatic N) is 1. The van der Waals surface area contributed by atoms with E-state index in [0.29, 0.717) is 0 Å². The van der Waals surface area contributed by atoms with E-state index in [1.165, 1.54) is 0 Å². The lowest BCUT2D eigenvalue weighted by Crippen LogP contribution is -2.41. The van der Waals surface area contributed by atoms with E-state index < -0.39 is 0 Å². The molecule has 0 aliphatic carbocycles. The van der Waals surface area contributed by atoms with E-state index in [9.17, 15) is 0 Å². The highest BCUT2D eigenvalue weighted by atomic mass is 32.2. The van der Waals surface area contributed by atoms with Crippen LogP contribution in [0.3, 0.4) is 0 Å². The Morgan fingerprint density at radius 2 is 2.18 bits per heavy atom. The van der Waals surface area contributed by atoms with Crippen LogP contribution in [-0.4, -0.2) is 49.0 Å². The largest absolute Gasteiger partial charge is 0.378 e. The minimum atomic E-state index is 0.737. The summed E-state index contributed by atoms with van der Waals surface area (Å²) in [5.74, 6) is 1.56.